The zero-order valence-electron chi connectivity index (χ0n) is 40.5. The Balaban J connectivity index is 1.09. The van der Waals surface area contributed by atoms with Gasteiger partial charge in [0.05, 0.1) is 27.0 Å². The van der Waals surface area contributed by atoms with Gasteiger partial charge in [-0.3, -0.25) is 0 Å². The topological polar surface area (TPSA) is 11.4 Å². The van der Waals surface area contributed by atoms with E-state index in [1.807, 2.05) is 11.3 Å². The fraction of sp³-hybridized carbons (Fsp3) is 0.290. The Bertz CT molecular complexity index is 3670. The maximum absolute atomic E-state index is 2.80. The zero-order chi connectivity index (χ0) is 45.7. The summed E-state index contributed by atoms with van der Waals surface area (Å²) in [5.41, 5.74) is 26.1. The molecule has 2 aliphatic carbocycles. The van der Waals surface area contributed by atoms with E-state index < -0.39 is 0 Å². The fourth-order valence-electron chi connectivity index (χ4n) is 13.9. The number of thiophene rings is 1. The highest BCUT2D eigenvalue weighted by molar-refractivity contribution is 7.26. The summed E-state index contributed by atoms with van der Waals surface area (Å²) in [4.78, 5) is 5.52. The predicted molar refractivity (Wildman–Crippen MR) is 289 cm³/mol. The van der Waals surface area contributed by atoms with Crippen molar-refractivity contribution >= 4 is 94.1 Å². The Morgan fingerprint density at radius 2 is 1.36 bits per heavy atom. The van der Waals surface area contributed by atoms with Gasteiger partial charge >= 0.3 is 0 Å². The van der Waals surface area contributed by atoms with E-state index in [4.69, 9.17) is 0 Å². The molecule has 1 saturated carbocycles. The molecule has 14 rings (SSSR count). The van der Waals surface area contributed by atoms with Crippen molar-refractivity contribution in [2.75, 3.05) is 9.80 Å². The summed E-state index contributed by atoms with van der Waals surface area (Å²) < 4.78 is 5.44. The maximum Gasteiger partial charge on any atom is 0.252 e. The molecule has 2 aromatic heterocycles. The summed E-state index contributed by atoms with van der Waals surface area (Å²) in [6.45, 7) is 21.8. The number of rotatable bonds is 2. The molecule has 0 radical (unpaired) electrons. The largest absolute Gasteiger partial charge is 0.334 e. The van der Waals surface area contributed by atoms with Crippen molar-refractivity contribution in [2.24, 2.45) is 0 Å². The minimum Gasteiger partial charge on any atom is -0.334 e. The molecule has 9 aromatic rings. The number of aromatic nitrogens is 1. The molecule has 5 aliphatic rings. The lowest BCUT2D eigenvalue weighted by atomic mass is 9.33. The Morgan fingerprint density at radius 1 is 0.597 bits per heavy atom. The van der Waals surface area contributed by atoms with Gasteiger partial charge in [-0.2, -0.15) is 0 Å². The van der Waals surface area contributed by atoms with Crippen LogP contribution in [0.4, 0.5) is 28.4 Å². The molecule has 2 unspecified atom stereocenters. The van der Waals surface area contributed by atoms with Gasteiger partial charge in [0, 0.05) is 55.7 Å². The highest BCUT2D eigenvalue weighted by atomic mass is 32.1. The van der Waals surface area contributed by atoms with Crippen LogP contribution in [0.25, 0.3) is 48.0 Å². The van der Waals surface area contributed by atoms with Crippen LogP contribution in [0.5, 0.6) is 0 Å². The smallest absolute Gasteiger partial charge is 0.252 e. The second-order valence-corrected chi connectivity index (χ2v) is 24.4. The van der Waals surface area contributed by atoms with Crippen molar-refractivity contribution in [2.45, 2.75) is 116 Å². The number of hydrogen-bond acceptors (Lipinski definition) is 3. The van der Waals surface area contributed by atoms with Gasteiger partial charge in [-0.25, -0.2) is 0 Å². The SMILES string of the molecule is Cc1cc2c3c(c1)-n1c4c(cc(C(C)(C)C)cc4c4sc5ccccc5c41)B3c1ccc(N3c4ccc(C(C)(C)C)cc4C4(C)CCCCC34C)cc1N2c1cccc2c1Cc1ccccc1-2. The number of fused-ring (bicyclic) bond motifs is 15. The second kappa shape index (κ2) is 13.1. The van der Waals surface area contributed by atoms with Crippen molar-refractivity contribution in [1.82, 2.24) is 4.57 Å². The summed E-state index contributed by atoms with van der Waals surface area (Å²) in [5, 5.41) is 2.73. The van der Waals surface area contributed by atoms with Crippen LogP contribution in [0.1, 0.15) is 114 Å². The first-order valence-corrected chi connectivity index (χ1v) is 25.7. The number of hydrogen-bond donors (Lipinski definition) is 0. The molecule has 5 heterocycles. The molecule has 3 aliphatic heterocycles. The van der Waals surface area contributed by atoms with Crippen molar-refractivity contribution in [3.05, 3.63) is 161 Å². The van der Waals surface area contributed by atoms with Crippen molar-refractivity contribution < 1.29 is 0 Å². The van der Waals surface area contributed by atoms with Crippen LogP contribution in [0.2, 0.25) is 0 Å². The van der Waals surface area contributed by atoms with Gasteiger partial charge in [-0.15, -0.1) is 11.3 Å². The third-order valence-corrected chi connectivity index (χ3v) is 18.7. The van der Waals surface area contributed by atoms with Crippen LogP contribution < -0.4 is 26.2 Å². The number of nitrogens with zero attached hydrogens (tertiary/aromatic N) is 3. The van der Waals surface area contributed by atoms with E-state index in [1.54, 1.807) is 0 Å². The highest BCUT2D eigenvalue weighted by Crippen LogP contribution is 2.62. The normalized spacial score (nSPS) is 20.0. The number of benzene rings is 7. The van der Waals surface area contributed by atoms with E-state index in [2.05, 4.69) is 204 Å². The molecule has 0 N–H and O–H groups in total. The molecule has 330 valence electrons. The summed E-state index contributed by atoms with van der Waals surface area (Å²) in [6, 6.07) is 50.6. The van der Waals surface area contributed by atoms with E-state index in [0.29, 0.717) is 0 Å². The van der Waals surface area contributed by atoms with Gasteiger partial charge < -0.3 is 14.4 Å². The fourth-order valence-corrected chi connectivity index (χ4v) is 15.1. The lowest BCUT2D eigenvalue weighted by molar-refractivity contribution is 0.195. The van der Waals surface area contributed by atoms with Gasteiger partial charge in [0.2, 0.25) is 0 Å². The quantitative estimate of drug-likeness (QED) is 0.160. The van der Waals surface area contributed by atoms with Gasteiger partial charge in [0.25, 0.3) is 6.71 Å². The van der Waals surface area contributed by atoms with Gasteiger partial charge in [0.1, 0.15) is 0 Å². The average Bonchev–Trinajstić information content (AvgIpc) is 4.02. The molecule has 7 aromatic carbocycles. The van der Waals surface area contributed by atoms with E-state index in [0.717, 1.165) is 6.42 Å². The molecule has 0 amide bonds. The lowest BCUT2D eigenvalue weighted by Crippen LogP contribution is -2.61. The van der Waals surface area contributed by atoms with Crippen LogP contribution in [-0.2, 0) is 22.7 Å². The summed E-state index contributed by atoms with van der Waals surface area (Å²) in [5.74, 6) is 0. The molecular weight excluding hydrogens is 830 g/mol. The van der Waals surface area contributed by atoms with Gasteiger partial charge in [0.15, 0.2) is 0 Å². The zero-order valence-corrected chi connectivity index (χ0v) is 41.3. The van der Waals surface area contributed by atoms with Crippen molar-refractivity contribution in [1.29, 1.82) is 0 Å². The molecule has 1 fully saturated rings. The van der Waals surface area contributed by atoms with Crippen LogP contribution >= 0.6 is 11.3 Å². The van der Waals surface area contributed by atoms with E-state index in [-0.39, 0.29) is 28.5 Å². The molecule has 3 nitrogen and oxygen atoms in total. The van der Waals surface area contributed by atoms with Gasteiger partial charge in [-0.1, -0.05) is 140 Å². The third kappa shape index (κ3) is 5.14. The average molecular weight is 888 g/mol. The summed E-state index contributed by atoms with van der Waals surface area (Å²) in [6.07, 6.45) is 5.83. The minimum atomic E-state index is -0.0669. The Morgan fingerprint density at radius 3 is 2.19 bits per heavy atom. The first-order valence-electron chi connectivity index (χ1n) is 24.9. The lowest BCUT2D eigenvalue weighted by Gasteiger charge is -2.50. The van der Waals surface area contributed by atoms with E-state index >= 15 is 0 Å². The van der Waals surface area contributed by atoms with E-state index in [1.165, 1.54) is 152 Å². The molecule has 2 atom stereocenters. The van der Waals surface area contributed by atoms with Crippen LogP contribution in [0.3, 0.4) is 0 Å². The second-order valence-electron chi connectivity index (χ2n) is 23.3. The minimum absolute atomic E-state index is 0.0305. The van der Waals surface area contributed by atoms with Crippen molar-refractivity contribution in [3.63, 3.8) is 0 Å². The van der Waals surface area contributed by atoms with Crippen LogP contribution in [-0.4, -0.2) is 16.8 Å². The molecule has 0 spiro atoms. The monoisotopic (exact) mass is 887 g/mol. The first kappa shape index (κ1) is 40.1. The molecule has 0 saturated heterocycles. The van der Waals surface area contributed by atoms with Crippen LogP contribution in [0, 0.1) is 6.92 Å². The molecule has 67 heavy (non-hydrogen) atoms. The maximum atomic E-state index is 2.80. The molecule has 0 bridgehead atoms. The standard InChI is InChI=1S/C62H58BN3S/c1-36-29-52-55-53(30-36)65-56-45(58-57(65)43-19-12-13-22-54(43)67-58)32-39(60(5,6)7)34-48(56)63(55)47-25-24-40(35-51(47)64(52)49-21-16-20-42-41-18-11-10-17-37(41)31-44(42)49)66-50-26-23-38(59(2,3)4)33-46(50)61(8)27-14-15-28-62(61,66)9/h10-13,16-26,29-30,32-35H,14-15,27-28,31H2,1-9H3. The van der Waals surface area contributed by atoms with Crippen molar-refractivity contribution in [3.8, 4) is 16.8 Å². The van der Waals surface area contributed by atoms with Gasteiger partial charge in [-0.05, 0) is 147 Å². The Hall–Kier alpha value is -6.04. The number of anilines is 5. The predicted octanol–water partition coefficient (Wildman–Crippen LogP) is 14.8. The van der Waals surface area contributed by atoms with E-state index in [9.17, 15) is 0 Å². The van der Waals surface area contributed by atoms with Crippen LogP contribution in [0.15, 0.2) is 127 Å². The summed E-state index contributed by atoms with van der Waals surface area (Å²) in [7, 11) is 0. The first-order chi connectivity index (χ1) is 32.1. The Kier molecular flexibility index (Phi) is 7.86. The molecule has 5 heteroatoms. The summed E-state index contributed by atoms with van der Waals surface area (Å²) >= 11 is 1.97. The molecular formula is C62H58BN3S. The Labute approximate surface area is 400 Å². The highest BCUT2D eigenvalue weighted by Gasteiger charge is 2.58. The third-order valence-electron chi connectivity index (χ3n) is 17.5. The number of aryl methyl sites for hydroxylation is 1.